The van der Waals surface area contributed by atoms with Crippen LogP contribution < -0.4 is 0 Å². The van der Waals surface area contributed by atoms with E-state index in [1.165, 1.54) is 0 Å². The van der Waals surface area contributed by atoms with Gasteiger partial charge < -0.3 is 0 Å². The second kappa shape index (κ2) is 3.76. The van der Waals surface area contributed by atoms with Crippen LogP contribution >= 0.6 is 10.7 Å². The molecule has 0 aliphatic heterocycles. The van der Waals surface area contributed by atoms with Crippen LogP contribution in [0.5, 0.6) is 0 Å². The van der Waals surface area contributed by atoms with Crippen LogP contribution in [0.2, 0.25) is 0 Å². The molecular formula is C10H12ClNO2S. The SMILES string of the molecule is O=S(=O)(Cl)C1(CCc2ccccn2)CC1. The molecule has 1 aliphatic carbocycles. The monoisotopic (exact) mass is 245 g/mol. The molecule has 0 aromatic carbocycles. The van der Waals surface area contributed by atoms with Gasteiger partial charge in [-0.1, -0.05) is 6.07 Å². The molecular weight excluding hydrogens is 234 g/mol. The minimum absolute atomic E-state index is 0.579. The van der Waals surface area contributed by atoms with Gasteiger partial charge in [0.1, 0.15) is 0 Å². The lowest BCUT2D eigenvalue weighted by Crippen LogP contribution is -2.18. The summed E-state index contributed by atoms with van der Waals surface area (Å²) in [6.07, 6.45) is 4.34. The van der Waals surface area contributed by atoms with Crippen LogP contribution in [-0.2, 0) is 15.5 Å². The van der Waals surface area contributed by atoms with Crippen LogP contribution in [0.15, 0.2) is 24.4 Å². The molecule has 0 saturated heterocycles. The van der Waals surface area contributed by atoms with Crippen molar-refractivity contribution in [3.05, 3.63) is 30.1 Å². The largest absolute Gasteiger partial charge is 0.261 e. The van der Waals surface area contributed by atoms with Gasteiger partial charge in [0.15, 0.2) is 0 Å². The van der Waals surface area contributed by atoms with Gasteiger partial charge in [0.25, 0.3) is 0 Å². The zero-order chi connectivity index (χ0) is 10.9. The molecule has 0 atom stereocenters. The highest BCUT2D eigenvalue weighted by Crippen LogP contribution is 2.48. The van der Waals surface area contributed by atoms with E-state index in [9.17, 15) is 8.42 Å². The van der Waals surface area contributed by atoms with Gasteiger partial charge in [0.05, 0.1) is 4.75 Å². The first-order chi connectivity index (χ1) is 7.04. The van der Waals surface area contributed by atoms with Gasteiger partial charge in [-0.15, -0.1) is 0 Å². The molecule has 0 bridgehead atoms. The molecule has 0 spiro atoms. The van der Waals surface area contributed by atoms with E-state index in [1.807, 2.05) is 18.2 Å². The Morgan fingerprint density at radius 1 is 1.40 bits per heavy atom. The lowest BCUT2D eigenvalue weighted by atomic mass is 10.1. The molecule has 15 heavy (non-hydrogen) atoms. The Morgan fingerprint density at radius 3 is 2.60 bits per heavy atom. The maximum Gasteiger partial charge on any atom is 0.238 e. The van der Waals surface area contributed by atoms with Crippen LogP contribution in [0, 0.1) is 0 Å². The van der Waals surface area contributed by atoms with Crippen LogP contribution in [-0.4, -0.2) is 18.1 Å². The number of pyridine rings is 1. The number of rotatable bonds is 4. The summed E-state index contributed by atoms with van der Waals surface area (Å²) in [5, 5.41) is 0. The molecule has 82 valence electrons. The predicted molar refractivity (Wildman–Crippen MR) is 59.3 cm³/mol. The third kappa shape index (κ3) is 2.32. The fourth-order valence-corrected chi connectivity index (χ4v) is 3.29. The van der Waals surface area contributed by atoms with Gasteiger partial charge in [-0.3, -0.25) is 4.98 Å². The summed E-state index contributed by atoms with van der Waals surface area (Å²) in [6, 6.07) is 5.64. The van der Waals surface area contributed by atoms with Crippen molar-refractivity contribution in [1.82, 2.24) is 4.98 Å². The highest BCUT2D eigenvalue weighted by Gasteiger charge is 2.53. The second-order valence-electron chi connectivity index (χ2n) is 3.94. The maximum absolute atomic E-state index is 11.3. The smallest absolute Gasteiger partial charge is 0.238 e. The van der Waals surface area contributed by atoms with E-state index in [2.05, 4.69) is 4.98 Å². The summed E-state index contributed by atoms with van der Waals surface area (Å²) in [5.41, 5.74) is 0.920. The lowest BCUT2D eigenvalue weighted by Gasteiger charge is -2.09. The van der Waals surface area contributed by atoms with E-state index < -0.39 is 13.8 Å². The second-order valence-corrected chi connectivity index (χ2v) is 6.90. The summed E-state index contributed by atoms with van der Waals surface area (Å²) in [7, 11) is 1.99. The van der Waals surface area contributed by atoms with Gasteiger partial charge in [-0.05, 0) is 37.8 Å². The molecule has 1 saturated carbocycles. The van der Waals surface area contributed by atoms with Crippen molar-refractivity contribution in [1.29, 1.82) is 0 Å². The Labute approximate surface area is 93.9 Å². The fraction of sp³-hybridized carbons (Fsp3) is 0.500. The lowest BCUT2D eigenvalue weighted by molar-refractivity contribution is 0.581. The molecule has 2 rings (SSSR count). The molecule has 1 aromatic heterocycles. The topological polar surface area (TPSA) is 47.0 Å². The molecule has 3 nitrogen and oxygen atoms in total. The number of halogens is 1. The highest BCUT2D eigenvalue weighted by atomic mass is 35.7. The van der Waals surface area contributed by atoms with E-state index in [0.717, 1.165) is 5.69 Å². The average Bonchev–Trinajstić information content (AvgIpc) is 2.96. The molecule has 1 aromatic rings. The van der Waals surface area contributed by atoms with E-state index in [0.29, 0.717) is 25.7 Å². The minimum atomic E-state index is -3.42. The quantitative estimate of drug-likeness (QED) is 0.764. The number of hydrogen-bond acceptors (Lipinski definition) is 3. The zero-order valence-electron chi connectivity index (χ0n) is 8.19. The summed E-state index contributed by atoms with van der Waals surface area (Å²) in [4.78, 5) is 4.15. The summed E-state index contributed by atoms with van der Waals surface area (Å²) in [6.45, 7) is 0. The summed E-state index contributed by atoms with van der Waals surface area (Å²) < 4.78 is 21.9. The zero-order valence-corrected chi connectivity index (χ0v) is 9.76. The van der Waals surface area contributed by atoms with Gasteiger partial charge in [0, 0.05) is 22.6 Å². The third-order valence-electron chi connectivity index (χ3n) is 2.89. The van der Waals surface area contributed by atoms with Crippen molar-refractivity contribution >= 4 is 19.7 Å². The van der Waals surface area contributed by atoms with E-state index in [-0.39, 0.29) is 0 Å². The number of aryl methyl sites for hydroxylation is 1. The van der Waals surface area contributed by atoms with Crippen molar-refractivity contribution in [3.63, 3.8) is 0 Å². The van der Waals surface area contributed by atoms with E-state index in [4.69, 9.17) is 10.7 Å². The molecule has 0 unspecified atom stereocenters. The third-order valence-corrected chi connectivity index (χ3v) is 5.52. The molecule has 1 fully saturated rings. The highest BCUT2D eigenvalue weighted by molar-refractivity contribution is 8.15. The van der Waals surface area contributed by atoms with Crippen LogP contribution in [0.1, 0.15) is 25.0 Å². The molecule has 5 heteroatoms. The molecule has 1 aliphatic rings. The van der Waals surface area contributed by atoms with Crippen LogP contribution in [0.3, 0.4) is 0 Å². The Bertz CT molecular complexity index is 440. The average molecular weight is 246 g/mol. The Balaban J connectivity index is 2.01. The molecule has 0 N–H and O–H groups in total. The predicted octanol–water partition coefficient (Wildman–Crippen LogP) is 2.12. The van der Waals surface area contributed by atoms with Gasteiger partial charge in [-0.25, -0.2) is 8.42 Å². The van der Waals surface area contributed by atoms with Gasteiger partial charge in [-0.2, -0.15) is 0 Å². The first kappa shape index (κ1) is 10.9. The number of nitrogens with zero attached hydrogens (tertiary/aromatic N) is 1. The number of aromatic nitrogens is 1. The van der Waals surface area contributed by atoms with Crippen LogP contribution in [0.25, 0.3) is 0 Å². The van der Waals surface area contributed by atoms with Crippen LogP contribution in [0.4, 0.5) is 0 Å². The minimum Gasteiger partial charge on any atom is -0.261 e. The number of hydrogen-bond donors (Lipinski definition) is 0. The molecule has 0 amide bonds. The van der Waals surface area contributed by atoms with E-state index in [1.54, 1.807) is 6.20 Å². The van der Waals surface area contributed by atoms with Crippen molar-refractivity contribution in [2.75, 3.05) is 0 Å². The van der Waals surface area contributed by atoms with Gasteiger partial charge in [0.2, 0.25) is 9.05 Å². The van der Waals surface area contributed by atoms with Crippen molar-refractivity contribution < 1.29 is 8.42 Å². The maximum atomic E-state index is 11.3. The Morgan fingerprint density at radius 2 is 2.13 bits per heavy atom. The van der Waals surface area contributed by atoms with Gasteiger partial charge >= 0.3 is 0 Å². The first-order valence-electron chi connectivity index (χ1n) is 4.88. The van der Waals surface area contributed by atoms with Crippen molar-refractivity contribution in [2.24, 2.45) is 0 Å². The van der Waals surface area contributed by atoms with Crippen molar-refractivity contribution in [2.45, 2.75) is 30.4 Å². The standard InChI is InChI=1S/C10H12ClNO2S/c11-15(13,14)10(6-7-10)5-4-9-3-1-2-8-12-9/h1-3,8H,4-7H2. The molecule has 1 heterocycles. The van der Waals surface area contributed by atoms with Crippen molar-refractivity contribution in [3.8, 4) is 0 Å². The molecule has 0 radical (unpaired) electrons. The Hall–Kier alpha value is -0.610. The summed E-state index contributed by atoms with van der Waals surface area (Å²) >= 11 is 0. The Kier molecular flexibility index (Phi) is 2.73. The fourth-order valence-electron chi connectivity index (χ4n) is 1.66. The first-order valence-corrected chi connectivity index (χ1v) is 7.19. The normalized spacial score (nSPS) is 18.7. The van der Waals surface area contributed by atoms with E-state index >= 15 is 0 Å². The summed E-state index contributed by atoms with van der Waals surface area (Å²) in [5.74, 6) is 0.